The van der Waals surface area contributed by atoms with E-state index in [2.05, 4.69) is 15.6 Å². The molecule has 8 nitrogen and oxygen atoms in total. The number of nitrogens with zero attached hydrogens (tertiary/aromatic N) is 2. The Kier molecular flexibility index (Phi) is 5.85. The number of carbonyl (C=O) groups is 3. The summed E-state index contributed by atoms with van der Waals surface area (Å²) in [6, 6.07) is 9.89. The van der Waals surface area contributed by atoms with Crippen molar-refractivity contribution in [2.45, 2.75) is 6.42 Å². The van der Waals surface area contributed by atoms with Crippen molar-refractivity contribution in [1.29, 1.82) is 0 Å². The van der Waals surface area contributed by atoms with Gasteiger partial charge in [-0.05, 0) is 30.3 Å². The number of furan rings is 1. The van der Waals surface area contributed by atoms with Gasteiger partial charge in [-0.1, -0.05) is 6.07 Å². The van der Waals surface area contributed by atoms with Crippen molar-refractivity contribution in [3.05, 3.63) is 65.1 Å². The summed E-state index contributed by atoms with van der Waals surface area (Å²) in [5.41, 5.74) is 1.54. The van der Waals surface area contributed by atoms with E-state index in [1.54, 1.807) is 55.9 Å². The molecule has 2 aromatic heterocycles. The molecule has 9 heteroatoms. The van der Waals surface area contributed by atoms with Crippen LogP contribution >= 0.6 is 11.3 Å². The van der Waals surface area contributed by atoms with Crippen molar-refractivity contribution in [3.63, 3.8) is 0 Å². The van der Waals surface area contributed by atoms with Crippen LogP contribution in [0.4, 0.5) is 10.8 Å². The third-order valence-corrected chi connectivity index (χ3v) is 4.46. The molecule has 144 valence electrons. The minimum atomic E-state index is -0.405. The number of carbonyl (C=O) groups excluding carboxylic acids is 3. The first-order valence-corrected chi connectivity index (χ1v) is 9.21. The number of anilines is 2. The quantitative estimate of drug-likeness (QED) is 0.664. The molecule has 3 aromatic rings. The zero-order valence-electron chi connectivity index (χ0n) is 15.3. The van der Waals surface area contributed by atoms with Crippen LogP contribution in [0, 0.1) is 0 Å². The maximum absolute atomic E-state index is 12.3. The van der Waals surface area contributed by atoms with E-state index in [4.69, 9.17) is 4.42 Å². The van der Waals surface area contributed by atoms with Crippen LogP contribution in [0.3, 0.4) is 0 Å². The fraction of sp³-hybridized carbons (Fsp3) is 0.158. The molecule has 2 heterocycles. The minimum Gasteiger partial charge on any atom is -0.459 e. The number of hydrogen-bond acceptors (Lipinski definition) is 6. The SMILES string of the molecule is CN(C)C(=O)c1cccc(NC(=O)Cc2csc(NC(=O)c3ccco3)n2)c1. The summed E-state index contributed by atoms with van der Waals surface area (Å²) in [5, 5.41) is 7.44. The molecule has 0 aliphatic rings. The molecule has 3 rings (SSSR count). The molecule has 0 aliphatic carbocycles. The van der Waals surface area contributed by atoms with Gasteiger partial charge in [-0.25, -0.2) is 4.98 Å². The molecule has 0 saturated heterocycles. The second-order valence-corrected chi connectivity index (χ2v) is 6.94. The van der Waals surface area contributed by atoms with Gasteiger partial charge in [0, 0.05) is 30.7 Å². The highest BCUT2D eigenvalue weighted by Crippen LogP contribution is 2.18. The number of thiazole rings is 1. The average Bonchev–Trinajstić information content (AvgIpc) is 3.33. The second-order valence-electron chi connectivity index (χ2n) is 6.08. The Labute approximate surface area is 165 Å². The molecular weight excluding hydrogens is 380 g/mol. The summed E-state index contributed by atoms with van der Waals surface area (Å²) in [6.07, 6.45) is 1.45. The number of amides is 3. The molecule has 0 fully saturated rings. The maximum atomic E-state index is 12.3. The van der Waals surface area contributed by atoms with Gasteiger partial charge in [-0.3, -0.25) is 19.7 Å². The van der Waals surface area contributed by atoms with E-state index in [-0.39, 0.29) is 24.0 Å². The van der Waals surface area contributed by atoms with Gasteiger partial charge in [0.2, 0.25) is 5.91 Å². The summed E-state index contributed by atoms with van der Waals surface area (Å²) in [6.45, 7) is 0. The summed E-state index contributed by atoms with van der Waals surface area (Å²) in [5.74, 6) is -0.643. The number of aromatic nitrogens is 1. The number of hydrogen-bond donors (Lipinski definition) is 2. The van der Waals surface area contributed by atoms with Crippen molar-refractivity contribution in [1.82, 2.24) is 9.88 Å². The van der Waals surface area contributed by atoms with Crippen LogP contribution < -0.4 is 10.6 Å². The van der Waals surface area contributed by atoms with Crippen molar-refractivity contribution in [2.24, 2.45) is 0 Å². The molecule has 0 radical (unpaired) electrons. The van der Waals surface area contributed by atoms with E-state index in [0.29, 0.717) is 22.1 Å². The monoisotopic (exact) mass is 398 g/mol. The van der Waals surface area contributed by atoms with Gasteiger partial charge in [0.25, 0.3) is 11.8 Å². The third-order valence-electron chi connectivity index (χ3n) is 3.66. The molecule has 2 N–H and O–H groups in total. The predicted octanol–water partition coefficient (Wildman–Crippen LogP) is 2.87. The molecule has 28 heavy (non-hydrogen) atoms. The summed E-state index contributed by atoms with van der Waals surface area (Å²) < 4.78 is 5.02. The number of benzene rings is 1. The molecular formula is C19H18N4O4S. The first-order valence-electron chi connectivity index (χ1n) is 8.33. The molecule has 1 aromatic carbocycles. The van der Waals surface area contributed by atoms with Gasteiger partial charge in [0.1, 0.15) is 0 Å². The normalized spacial score (nSPS) is 10.4. The van der Waals surface area contributed by atoms with E-state index >= 15 is 0 Å². The van der Waals surface area contributed by atoms with E-state index in [1.807, 2.05) is 0 Å². The Balaban J connectivity index is 1.58. The largest absolute Gasteiger partial charge is 0.459 e. The second kappa shape index (κ2) is 8.49. The van der Waals surface area contributed by atoms with Crippen molar-refractivity contribution < 1.29 is 18.8 Å². The summed E-state index contributed by atoms with van der Waals surface area (Å²) in [4.78, 5) is 41.9. The zero-order chi connectivity index (χ0) is 20.1. The van der Waals surface area contributed by atoms with Crippen LogP contribution in [0.1, 0.15) is 26.6 Å². The summed E-state index contributed by atoms with van der Waals surface area (Å²) in [7, 11) is 3.33. The molecule has 0 spiro atoms. The van der Waals surface area contributed by atoms with E-state index in [1.165, 1.54) is 22.5 Å². The highest BCUT2D eigenvalue weighted by Gasteiger charge is 2.14. The lowest BCUT2D eigenvalue weighted by Crippen LogP contribution is -2.22. The Morgan fingerprint density at radius 1 is 1.14 bits per heavy atom. The Morgan fingerprint density at radius 2 is 1.96 bits per heavy atom. The third kappa shape index (κ3) is 4.83. The molecule has 0 unspecified atom stereocenters. The Bertz CT molecular complexity index is 995. The van der Waals surface area contributed by atoms with Crippen LogP contribution in [-0.4, -0.2) is 41.7 Å². The van der Waals surface area contributed by atoms with E-state index < -0.39 is 5.91 Å². The highest BCUT2D eigenvalue weighted by molar-refractivity contribution is 7.14. The topological polar surface area (TPSA) is 105 Å². The lowest BCUT2D eigenvalue weighted by Gasteiger charge is -2.11. The van der Waals surface area contributed by atoms with Crippen molar-refractivity contribution in [3.8, 4) is 0 Å². The number of nitrogens with one attached hydrogen (secondary N) is 2. The van der Waals surface area contributed by atoms with E-state index in [0.717, 1.165) is 0 Å². The first kappa shape index (κ1) is 19.3. The highest BCUT2D eigenvalue weighted by atomic mass is 32.1. The van der Waals surface area contributed by atoms with Crippen LogP contribution in [-0.2, 0) is 11.2 Å². The first-order chi connectivity index (χ1) is 13.4. The minimum absolute atomic E-state index is 0.0407. The zero-order valence-corrected chi connectivity index (χ0v) is 16.1. The number of rotatable bonds is 6. The van der Waals surface area contributed by atoms with Gasteiger partial charge < -0.3 is 14.6 Å². The maximum Gasteiger partial charge on any atom is 0.293 e. The molecule has 0 aliphatic heterocycles. The molecule has 3 amide bonds. The Morgan fingerprint density at radius 3 is 2.68 bits per heavy atom. The van der Waals surface area contributed by atoms with Gasteiger partial charge >= 0.3 is 0 Å². The fourth-order valence-corrected chi connectivity index (χ4v) is 3.08. The van der Waals surface area contributed by atoms with Crippen molar-refractivity contribution >= 4 is 39.9 Å². The van der Waals surface area contributed by atoms with Crippen LogP contribution in [0.15, 0.2) is 52.5 Å². The standard InChI is InChI=1S/C19H18N4O4S/c1-23(2)18(26)12-5-3-6-13(9-12)20-16(24)10-14-11-28-19(21-14)22-17(25)15-7-4-8-27-15/h3-9,11H,10H2,1-2H3,(H,20,24)(H,21,22,25). The van der Waals surface area contributed by atoms with Crippen LogP contribution in [0.2, 0.25) is 0 Å². The lowest BCUT2D eigenvalue weighted by atomic mass is 10.1. The van der Waals surface area contributed by atoms with Gasteiger partial charge in [0.05, 0.1) is 18.4 Å². The molecule has 0 saturated carbocycles. The Hall–Kier alpha value is -3.46. The predicted molar refractivity (Wildman–Crippen MR) is 106 cm³/mol. The average molecular weight is 398 g/mol. The van der Waals surface area contributed by atoms with E-state index in [9.17, 15) is 14.4 Å². The smallest absolute Gasteiger partial charge is 0.293 e. The van der Waals surface area contributed by atoms with Gasteiger partial charge in [-0.2, -0.15) is 0 Å². The van der Waals surface area contributed by atoms with Crippen LogP contribution in [0.25, 0.3) is 0 Å². The lowest BCUT2D eigenvalue weighted by molar-refractivity contribution is -0.115. The van der Waals surface area contributed by atoms with Gasteiger partial charge in [-0.15, -0.1) is 11.3 Å². The summed E-state index contributed by atoms with van der Waals surface area (Å²) >= 11 is 1.22. The van der Waals surface area contributed by atoms with Crippen molar-refractivity contribution in [2.75, 3.05) is 24.7 Å². The fourth-order valence-electron chi connectivity index (χ4n) is 2.37. The van der Waals surface area contributed by atoms with Crippen LogP contribution in [0.5, 0.6) is 0 Å². The molecule has 0 bridgehead atoms. The van der Waals surface area contributed by atoms with Gasteiger partial charge in [0.15, 0.2) is 10.9 Å². The molecule has 0 atom stereocenters.